The zero-order chi connectivity index (χ0) is 34.5. The van der Waals surface area contributed by atoms with Crippen LogP contribution in [-0.2, 0) is 33.5 Å². The number of hydrogen-bond acceptors (Lipinski definition) is 13. The molecule has 2 amide bonds. The number of esters is 2. The zero-order valence-corrected chi connectivity index (χ0v) is 29.4. The van der Waals surface area contributed by atoms with Crippen molar-refractivity contribution in [3.63, 3.8) is 0 Å². The number of oxime groups is 1. The van der Waals surface area contributed by atoms with Crippen molar-refractivity contribution < 1.29 is 33.5 Å². The molecule has 1 aromatic heterocycles. The van der Waals surface area contributed by atoms with Crippen molar-refractivity contribution in [2.45, 2.75) is 43.9 Å². The van der Waals surface area contributed by atoms with Gasteiger partial charge < -0.3 is 30.3 Å². The van der Waals surface area contributed by atoms with Gasteiger partial charge in [0.15, 0.2) is 16.9 Å². The van der Waals surface area contributed by atoms with Crippen molar-refractivity contribution in [1.29, 1.82) is 0 Å². The number of anilines is 1. The number of hydrogen-bond donors (Lipinski definition) is 2. The van der Waals surface area contributed by atoms with Crippen LogP contribution in [0, 0.1) is 5.41 Å². The van der Waals surface area contributed by atoms with Gasteiger partial charge in [-0.1, -0.05) is 65.8 Å². The Balaban J connectivity index is 1.28. The number of amides is 2. The fraction of sp³-hybridized carbons (Fsp3) is 0.394. The molecule has 3 atom stereocenters. The van der Waals surface area contributed by atoms with Gasteiger partial charge in [0.05, 0.1) is 0 Å². The minimum absolute atomic E-state index is 0.132. The van der Waals surface area contributed by atoms with Gasteiger partial charge in [-0.15, -0.1) is 23.1 Å². The number of thiazole rings is 1. The summed E-state index contributed by atoms with van der Waals surface area (Å²) < 4.78 is 11.5. The number of thioether (sulfide) groups is 2. The maximum atomic E-state index is 14.0. The van der Waals surface area contributed by atoms with E-state index in [1.165, 1.54) is 28.9 Å². The van der Waals surface area contributed by atoms with Crippen molar-refractivity contribution in [2.24, 2.45) is 10.6 Å². The minimum atomic E-state index is -0.965. The van der Waals surface area contributed by atoms with Crippen LogP contribution in [-0.4, -0.2) is 87.3 Å². The molecule has 0 radical (unpaired) electrons. The first-order chi connectivity index (χ1) is 22.9. The third-order valence-electron chi connectivity index (χ3n) is 7.45. The Bertz CT molecular complexity index is 1620. The number of aromatic nitrogens is 1. The molecule has 3 N–H and O–H groups in total. The van der Waals surface area contributed by atoms with Crippen LogP contribution in [0.15, 0.2) is 71.2 Å². The summed E-state index contributed by atoms with van der Waals surface area (Å²) in [5.41, 5.74) is 5.67. The third-order valence-corrected chi connectivity index (χ3v) is 10.6. The normalized spacial score (nSPS) is 20.8. The lowest BCUT2D eigenvalue weighted by Gasteiger charge is -2.54. The summed E-state index contributed by atoms with van der Waals surface area (Å²) in [6, 6.07) is 18.2. The lowest BCUT2D eigenvalue weighted by molar-refractivity contribution is -0.164. The number of fused-ring (bicyclic) bond motifs is 1. The molecule has 48 heavy (non-hydrogen) atoms. The number of β-lactam (4-membered cyclic amide) rings is 1. The van der Waals surface area contributed by atoms with Gasteiger partial charge in [-0.25, -0.2) is 9.78 Å². The summed E-state index contributed by atoms with van der Waals surface area (Å²) in [4.78, 5) is 63.9. The molecule has 0 aliphatic carbocycles. The van der Waals surface area contributed by atoms with Crippen molar-refractivity contribution in [3.05, 3.63) is 82.9 Å². The third kappa shape index (κ3) is 8.13. The van der Waals surface area contributed by atoms with Crippen LogP contribution in [0.4, 0.5) is 5.13 Å². The second-order valence-corrected chi connectivity index (χ2v) is 15.2. The van der Waals surface area contributed by atoms with Crippen molar-refractivity contribution in [1.82, 2.24) is 15.2 Å². The molecule has 15 heteroatoms. The number of benzene rings is 2. The summed E-state index contributed by atoms with van der Waals surface area (Å²) >= 11 is 4.02. The van der Waals surface area contributed by atoms with Crippen molar-refractivity contribution in [2.75, 3.05) is 36.6 Å². The summed E-state index contributed by atoms with van der Waals surface area (Å²) in [6.07, 6.45) is 1.30. The second kappa shape index (κ2) is 15.0. The average molecular weight is 712 g/mol. The number of carbonyl (C=O) groups excluding carboxylic acids is 4. The van der Waals surface area contributed by atoms with Gasteiger partial charge in [0.2, 0.25) is 12.5 Å². The van der Waals surface area contributed by atoms with Gasteiger partial charge in [-0.2, -0.15) is 11.8 Å². The van der Waals surface area contributed by atoms with E-state index >= 15 is 0 Å². The van der Waals surface area contributed by atoms with Crippen LogP contribution in [0.5, 0.6) is 0 Å². The molecular formula is C33H37N5O7S3. The topological polar surface area (TPSA) is 163 Å². The molecule has 2 fully saturated rings. The molecule has 254 valence electrons. The number of nitrogen functional groups attached to an aromatic ring is 1. The quantitative estimate of drug-likeness (QED) is 0.121. The highest BCUT2D eigenvalue weighted by Gasteiger charge is 2.58. The molecule has 12 nitrogen and oxygen atoms in total. The SMILES string of the molecule is CSCC1(C(=O)OC(c2ccccc2)c2ccccc2)CS[C@@H]2C(NC(=O)C(=NOCC(=O)OC(C)(C)C)c3csc(N)n3)C(=O)N2C1. The van der Waals surface area contributed by atoms with E-state index in [9.17, 15) is 19.2 Å². The van der Waals surface area contributed by atoms with Crippen LogP contribution in [0.25, 0.3) is 0 Å². The number of nitrogens with zero attached hydrogens (tertiary/aromatic N) is 3. The van der Waals surface area contributed by atoms with E-state index in [4.69, 9.17) is 20.0 Å². The Kier molecular flexibility index (Phi) is 11.0. The molecular weight excluding hydrogens is 675 g/mol. The first-order valence-corrected chi connectivity index (χ1v) is 18.4. The number of nitrogens with two attached hydrogens (primary N) is 1. The molecule has 3 aromatic rings. The predicted molar refractivity (Wildman–Crippen MR) is 186 cm³/mol. The Morgan fingerprint density at radius 1 is 1.12 bits per heavy atom. The number of rotatable bonds is 12. The molecule has 2 aromatic carbocycles. The van der Waals surface area contributed by atoms with Gasteiger partial charge >= 0.3 is 11.9 Å². The molecule has 0 saturated carbocycles. The predicted octanol–water partition coefficient (Wildman–Crippen LogP) is 3.87. The molecule has 0 spiro atoms. The monoisotopic (exact) mass is 711 g/mol. The number of nitrogens with one attached hydrogen (secondary N) is 1. The smallest absolute Gasteiger partial charge is 0.347 e. The van der Waals surface area contributed by atoms with Crippen LogP contribution in [0.1, 0.15) is 43.7 Å². The summed E-state index contributed by atoms with van der Waals surface area (Å²) in [5, 5.41) is 7.91. The first-order valence-electron chi connectivity index (χ1n) is 15.1. The van der Waals surface area contributed by atoms with Gasteiger partial charge in [-0.05, 0) is 38.2 Å². The lowest BCUT2D eigenvalue weighted by Crippen LogP contribution is -2.74. The standard InChI is InChI=1S/C33H37N5O7S3/c1-32(2,3)45-23(39)15-43-37-24(22-16-47-31(34)35-22)27(40)36-25-28(41)38-17-33(18-46-4,19-48-29(25)38)30(42)44-26(20-11-7-5-8-12-20)21-13-9-6-10-14-21/h5-14,16,25-26,29H,15,17-19H2,1-4H3,(H2,34,35)(H,36,40)/t25?,29-,33?/m1/s1. The summed E-state index contributed by atoms with van der Waals surface area (Å²) in [6.45, 7) is 4.76. The Morgan fingerprint density at radius 3 is 2.33 bits per heavy atom. The highest BCUT2D eigenvalue weighted by atomic mass is 32.2. The molecule has 2 saturated heterocycles. The number of ether oxygens (including phenoxy) is 2. The molecule has 3 heterocycles. The lowest BCUT2D eigenvalue weighted by atomic mass is 9.88. The van der Waals surface area contributed by atoms with E-state index in [1.807, 2.05) is 66.9 Å². The Morgan fingerprint density at radius 2 is 1.77 bits per heavy atom. The van der Waals surface area contributed by atoms with Crippen LogP contribution in [0.3, 0.4) is 0 Å². The maximum Gasteiger partial charge on any atom is 0.347 e. The average Bonchev–Trinajstić information content (AvgIpc) is 3.49. The maximum absolute atomic E-state index is 14.0. The fourth-order valence-corrected chi connectivity index (χ4v) is 8.40. The van der Waals surface area contributed by atoms with E-state index in [2.05, 4.69) is 15.5 Å². The van der Waals surface area contributed by atoms with Gasteiger partial charge in [0, 0.05) is 23.4 Å². The molecule has 5 rings (SSSR count). The highest BCUT2D eigenvalue weighted by molar-refractivity contribution is 8.00. The van der Waals surface area contributed by atoms with Crippen LogP contribution < -0.4 is 11.1 Å². The van der Waals surface area contributed by atoms with Gasteiger partial charge in [-0.3, -0.25) is 14.4 Å². The molecule has 0 bridgehead atoms. The first kappa shape index (κ1) is 35.2. The van der Waals surface area contributed by atoms with Crippen molar-refractivity contribution in [3.8, 4) is 0 Å². The van der Waals surface area contributed by atoms with Crippen LogP contribution >= 0.6 is 34.9 Å². The van der Waals surface area contributed by atoms with E-state index in [0.717, 1.165) is 22.5 Å². The van der Waals surface area contributed by atoms with Gasteiger partial charge in [0.1, 0.15) is 28.1 Å². The molecule has 2 aliphatic heterocycles. The largest absolute Gasteiger partial charge is 0.457 e. The summed E-state index contributed by atoms with van der Waals surface area (Å²) in [7, 11) is 0. The summed E-state index contributed by atoms with van der Waals surface area (Å²) in [5.74, 6) is -1.30. The minimum Gasteiger partial charge on any atom is -0.457 e. The zero-order valence-electron chi connectivity index (χ0n) is 26.9. The Hall–Kier alpha value is -4.08. The van der Waals surface area contributed by atoms with E-state index in [1.54, 1.807) is 25.7 Å². The molecule has 2 aliphatic rings. The van der Waals surface area contributed by atoms with E-state index in [-0.39, 0.29) is 29.0 Å². The second-order valence-electron chi connectivity index (χ2n) is 12.3. The van der Waals surface area contributed by atoms with Crippen molar-refractivity contribution >= 4 is 69.5 Å². The van der Waals surface area contributed by atoms with Gasteiger partial charge in [0.25, 0.3) is 5.91 Å². The highest BCUT2D eigenvalue weighted by Crippen LogP contribution is 2.45. The number of carbonyl (C=O) groups is 4. The molecule has 2 unspecified atom stereocenters. The van der Waals surface area contributed by atoms with Crippen LogP contribution in [0.2, 0.25) is 0 Å². The Labute approximate surface area is 291 Å². The van der Waals surface area contributed by atoms with E-state index in [0.29, 0.717) is 11.5 Å². The van der Waals surface area contributed by atoms with E-state index < -0.39 is 53.0 Å². The fourth-order valence-electron chi connectivity index (χ4n) is 5.32.